The molecule has 1 aromatic heterocycles. The van der Waals surface area contributed by atoms with E-state index in [4.69, 9.17) is 5.73 Å². The lowest BCUT2D eigenvalue weighted by Gasteiger charge is -1.75. The first-order valence-electron chi connectivity index (χ1n) is 2.35. The number of rotatable bonds is 0. The van der Waals surface area contributed by atoms with Crippen LogP contribution in [0.1, 0.15) is 0 Å². The van der Waals surface area contributed by atoms with Crippen molar-refractivity contribution in [1.82, 2.24) is 9.67 Å². The minimum atomic E-state index is 0.535. The van der Waals surface area contributed by atoms with E-state index in [2.05, 4.69) is 5.10 Å². The lowest BCUT2D eigenvalue weighted by molar-refractivity contribution is -0.727. The highest BCUT2D eigenvalue weighted by Gasteiger charge is 2.01. The Hall–Kier alpha value is -1.06. The van der Waals surface area contributed by atoms with Crippen LogP contribution in [0.25, 0.3) is 0 Å². The molecule has 1 aromatic rings. The highest BCUT2D eigenvalue weighted by molar-refractivity contribution is 5.09. The van der Waals surface area contributed by atoms with E-state index < -0.39 is 0 Å². The quantitative estimate of drug-likeness (QED) is 0.431. The van der Waals surface area contributed by atoms with Crippen molar-refractivity contribution < 1.29 is 4.68 Å². The third kappa shape index (κ3) is 0.641. The summed E-state index contributed by atoms with van der Waals surface area (Å²) in [4.78, 5) is 0. The van der Waals surface area contributed by atoms with Crippen molar-refractivity contribution in [3.05, 3.63) is 6.33 Å². The van der Waals surface area contributed by atoms with Gasteiger partial charge in [-0.3, -0.25) is 0 Å². The summed E-state index contributed by atoms with van der Waals surface area (Å²) in [6.07, 6.45) is 1.80. The van der Waals surface area contributed by atoms with E-state index in [1.165, 1.54) is 0 Å². The van der Waals surface area contributed by atoms with Crippen molar-refractivity contribution in [2.24, 2.45) is 14.1 Å². The number of aromatic nitrogens is 3. The van der Waals surface area contributed by atoms with Crippen molar-refractivity contribution in [3.8, 4) is 0 Å². The molecule has 0 radical (unpaired) electrons. The van der Waals surface area contributed by atoms with Gasteiger partial charge in [0.2, 0.25) is 0 Å². The van der Waals surface area contributed by atoms with Crippen molar-refractivity contribution in [2.45, 2.75) is 0 Å². The van der Waals surface area contributed by atoms with E-state index in [-0.39, 0.29) is 0 Å². The largest absolute Gasteiger partial charge is 0.347 e. The van der Waals surface area contributed by atoms with E-state index in [0.29, 0.717) is 5.95 Å². The van der Waals surface area contributed by atoms with Crippen LogP contribution in [0.4, 0.5) is 5.95 Å². The smallest absolute Gasteiger partial charge is 0.328 e. The topological polar surface area (TPSA) is 47.7 Å². The van der Waals surface area contributed by atoms with Gasteiger partial charge in [-0.25, -0.2) is 4.57 Å². The molecule has 0 unspecified atom stereocenters. The van der Waals surface area contributed by atoms with Gasteiger partial charge in [0.25, 0.3) is 6.33 Å². The Morgan fingerprint density at radius 1 is 1.88 bits per heavy atom. The van der Waals surface area contributed by atoms with Crippen molar-refractivity contribution in [2.75, 3.05) is 5.73 Å². The number of aryl methyl sites for hydroxylation is 2. The second kappa shape index (κ2) is 1.47. The lowest BCUT2D eigenvalue weighted by atomic mass is 11.0. The van der Waals surface area contributed by atoms with Gasteiger partial charge in [0.15, 0.2) is 0 Å². The zero-order valence-electron chi connectivity index (χ0n) is 5.00. The second-order valence-electron chi connectivity index (χ2n) is 1.76. The van der Waals surface area contributed by atoms with Crippen LogP contribution in [0.3, 0.4) is 0 Å². The summed E-state index contributed by atoms with van der Waals surface area (Å²) < 4.78 is 3.41. The SMILES string of the molecule is Cn1c[n+](C)nc1N. The average Bonchev–Trinajstić information content (AvgIpc) is 1.85. The third-order valence-electron chi connectivity index (χ3n) is 0.962. The maximum atomic E-state index is 5.37. The van der Waals surface area contributed by atoms with Crippen LogP contribution in [-0.2, 0) is 14.1 Å². The molecule has 0 fully saturated rings. The van der Waals surface area contributed by atoms with E-state index in [0.717, 1.165) is 0 Å². The van der Waals surface area contributed by atoms with E-state index in [9.17, 15) is 0 Å². The predicted octanol–water partition coefficient (Wildman–Crippen LogP) is -1.17. The molecule has 0 aliphatic heterocycles. The van der Waals surface area contributed by atoms with Crippen LogP contribution in [0.5, 0.6) is 0 Å². The first kappa shape index (κ1) is 5.08. The van der Waals surface area contributed by atoms with Gasteiger partial charge in [-0.1, -0.05) is 0 Å². The van der Waals surface area contributed by atoms with Crippen LogP contribution >= 0.6 is 0 Å². The standard InChI is InChI=1S/C4H9N4/c1-7-3-8(2)6-4(7)5/h3H,1-2H3,(H2,5,6)/q+1. The molecule has 8 heavy (non-hydrogen) atoms. The summed E-state index contributed by atoms with van der Waals surface area (Å²) in [6.45, 7) is 0. The number of nitrogens with two attached hydrogens (primary N) is 1. The van der Waals surface area contributed by atoms with Crippen LogP contribution in [-0.4, -0.2) is 9.67 Å². The van der Waals surface area contributed by atoms with Gasteiger partial charge in [0.05, 0.1) is 7.05 Å². The molecule has 0 atom stereocenters. The Balaban J connectivity index is 3.14. The Kier molecular flexibility index (Phi) is 0.932. The molecule has 1 heterocycles. The Morgan fingerprint density at radius 2 is 2.50 bits per heavy atom. The number of nitrogen functional groups attached to an aromatic ring is 1. The van der Waals surface area contributed by atoms with Gasteiger partial charge < -0.3 is 5.73 Å². The minimum Gasteiger partial charge on any atom is -0.347 e. The van der Waals surface area contributed by atoms with Crippen LogP contribution < -0.4 is 10.4 Å². The zero-order chi connectivity index (χ0) is 6.15. The fourth-order valence-electron chi connectivity index (χ4n) is 0.568. The summed E-state index contributed by atoms with van der Waals surface area (Å²) in [7, 11) is 3.68. The fourth-order valence-corrected chi connectivity index (χ4v) is 0.568. The maximum absolute atomic E-state index is 5.37. The predicted molar refractivity (Wildman–Crippen MR) is 28.8 cm³/mol. The molecule has 0 aliphatic carbocycles. The Bertz CT molecular complexity index is 170. The first-order valence-corrected chi connectivity index (χ1v) is 2.35. The molecule has 0 bridgehead atoms. The highest BCUT2D eigenvalue weighted by atomic mass is 15.4. The van der Waals surface area contributed by atoms with Crippen LogP contribution in [0, 0.1) is 0 Å². The monoisotopic (exact) mass is 113 g/mol. The third-order valence-corrected chi connectivity index (χ3v) is 0.962. The minimum absolute atomic E-state index is 0.535. The van der Waals surface area contributed by atoms with Crippen molar-refractivity contribution in [3.63, 3.8) is 0 Å². The van der Waals surface area contributed by atoms with Crippen LogP contribution in [0.15, 0.2) is 6.33 Å². The molecule has 44 valence electrons. The van der Waals surface area contributed by atoms with Crippen molar-refractivity contribution in [1.29, 1.82) is 0 Å². The number of anilines is 1. The van der Waals surface area contributed by atoms with Gasteiger partial charge in [-0.05, 0) is 5.10 Å². The molecular weight excluding hydrogens is 104 g/mol. The molecule has 0 saturated heterocycles. The molecule has 0 spiro atoms. The molecule has 1 rings (SSSR count). The van der Waals surface area contributed by atoms with E-state index in [1.807, 2.05) is 14.1 Å². The fraction of sp³-hybridized carbons (Fsp3) is 0.500. The van der Waals surface area contributed by atoms with Gasteiger partial charge in [0, 0.05) is 0 Å². The summed E-state index contributed by atoms with van der Waals surface area (Å²) in [5, 5.41) is 3.87. The molecular formula is C4H9N4+. The summed E-state index contributed by atoms with van der Waals surface area (Å²) >= 11 is 0. The highest BCUT2D eigenvalue weighted by Crippen LogP contribution is 1.84. The summed E-state index contributed by atoms with van der Waals surface area (Å²) in [5.41, 5.74) is 5.37. The molecule has 4 heteroatoms. The first-order chi connectivity index (χ1) is 3.70. The van der Waals surface area contributed by atoms with E-state index >= 15 is 0 Å². The average molecular weight is 113 g/mol. The molecule has 0 saturated carbocycles. The van der Waals surface area contributed by atoms with Gasteiger partial charge in [-0.15, -0.1) is 4.68 Å². The number of nitrogens with zero attached hydrogens (tertiary/aromatic N) is 3. The molecule has 2 N–H and O–H groups in total. The molecule has 0 amide bonds. The number of hydrogen-bond donors (Lipinski definition) is 1. The number of hydrogen-bond acceptors (Lipinski definition) is 2. The second-order valence-corrected chi connectivity index (χ2v) is 1.76. The van der Waals surface area contributed by atoms with Gasteiger partial charge in [-0.2, -0.15) is 0 Å². The van der Waals surface area contributed by atoms with Crippen LogP contribution in [0.2, 0.25) is 0 Å². The molecule has 4 nitrogen and oxygen atoms in total. The van der Waals surface area contributed by atoms with Crippen molar-refractivity contribution >= 4 is 5.95 Å². The lowest BCUT2D eigenvalue weighted by Crippen LogP contribution is -2.28. The molecule has 0 aromatic carbocycles. The van der Waals surface area contributed by atoms with E-state index in [1.54, 1.807) is 15.6 Å². The Labute approximate surface area is 47.5 Å². The summed E-state index contributed by atoms with van der Waals surface area (Å²) in [6, 6.07) is 0. The Morgan fingerprint density at radius 3 is 2.62 bits per heavy atom. The molecule has 0 aliphatic rings. The van der Waals surface area contributed by atoms with Gasteiger partial charge in [0.1, 0.15) is 7.05 Å². The summed E-state index contributed by atoms with van der Waals surface area (Å²) in [5.74, 6) is 0.535. The zero-order valence-corrected chi connectivity index (χ0v) is 5.00. The maximum Gasteiger partial charge on any atom is 0.328 e. The van der Waals surface area contributed by atoms with Gasteiger partial charge >= 0.3 is 5.95 Å². The normalized spacial score (nSPS) is 9.75.